The largest absolute Gasteiger partial charge is 0.396 e. The Morgan fingerprint density at radius 3 is 2.12 bits per heavy atom. The van der Waals surface area contributed by atoms with E-state index in [9.17, 15) is 13.3 Å². The fourth-order valence-corrected chi connectivity index (χ4v) is 3.67. The van der Waals surface area contributed by atoms with Gasteiger partial charge in [0.25, 0.3) is 5.92 Å². The number of alkyl halides is 2. The lowest BCUT2D eigenvalue weighted by Crippen LogP contribution is -2.03. The lowest BCUT2D eigenvalue weighted by molar-refractivity contribution is 0.0716. The van der Waals surface area contributed by atoms with Gasteiger partial charge in [0.2, 0.25) is 0 Å². The molecule has 0 aromatic carbocycles. The molecule has 2 atom stereocenters. The molecular weight excluding hydrogens is 253 g/mol. The Kier molecular flexibility index (Phi) is 5.07. The molecule has 1 rings (SSSR count). The summed E-state index contributed by atoms with van der Waals surface area (Å²) in [6, 6.07) is 0. The zero-order valence-electron chi connectivity index (χ0n) is 10.1. The van der Waals surface area contributed by atoms with Gasteiger partial charge in [0.05, 0.1) is 31.9 Å². The Morgan fingerprint density at radius 1 is 1.24 bits per heavy atom. The highest BCUT2D eigenvalue weighted by Gasteiger charge is 2.67. The predicted octanol–water partition coefficient (Wildman–Crippen LogP) is 2.52. The minimum Gasteiger partial charge on any atom is -0.396 e. The molecule has 2 unspecified atom stereocenters. The maximum absolute atomic E-state index is 13.1. The molecule has 0 aromatic heterocycles. The number of aliphatic hydroxyl groups is 1. The Balaban J connectivity index is 2.46. The van der Waals surface area contributed by atoms with Crippen LogP contribution in [-0.4, -0.2) is 37.0 Å². The van der Waals surface area contributed by atoms with Crippen LogP contribution in [0, 0.1) is 11.8 Å². The summed E-state index contributed by atoms with van der Waals surface area (Å²) >= 11 is 0. The first kappa shape index (κ1) is 15.0. The SMILES string of the molecule is CCOP(=O)(CCC1C(CO)C1(F)F)OCC. The molecule has 0 aromatic rings. The minimum atomic E-state index is -3.24. The molecule has 0 spiro atoms. The van der Waals surface area contributed by atoms with Crippen LogP contribution in [0.3, 0.4) is 0 Å². The smallest absolute Gasteiger partial charge is 0.330 e. The van der Waals surface area contributed by atoms with Gasteiger partial charge in [-0.1, -0.05) is 0 Å². The molecule has 1 saturated carbocycles. The van der Waals surface area contributed by atoms with Gasteiger partial charge in [-0.2, -0.15) is 0 Å². The Morgan fingerprint density at radius 2 is 1.76 bits per heavy atom. The van der Waals surface area contributed by atoms with Crippen molar-refractivity contribution in [2.75, 3.05) is 26.0 Å². The van der Waals surface area contributed by atoms with Crippen LogP contribution in [0.25, 0.3) is 0 Å². The summed E-state index contributed by atoms with van der Waals surface area (Å²) < 4.78 is 48.2. The summed E-state index contributed by atoms with van der Waals surface area (Å²) in [7, 11) is -3.24. The molecule has 1 N–H and O–H groups in total. The third-order valence-corrected chi connectivity index (χ3v) is 5.04. The zero-order valence-corrected chi connectivity index (χ0v) is 11.0. The maximum Gasteiger partial charge on any atom is 0.330 e. The van der Waals surface area contributed by atoms with E-state index in [0.29, 0.717) is 0 Å². The van der Waals surface area contributed by atoms with Crippen molar-refractivity contribution in [3.05, 3.63) is 0 Å². The molecule has 0 saturated heterocycles. The molecule has 0 amide bonds. The van der Waals surface area contributed by atoms with E-state index in [1.54, 1.807) is 13.8 Å². The molecule has 1 aliphatic carbocycles. The maximum atomic E-state index is 13.1. The second kappa shape index (κ2) is 5.74. The highest BCUT2D eigenvalue weighted by Crippen LogP contribution is 2.59. The Labute approximate surface area is 99.8 Å². The van der Waals surface area contributed by atoms with Gasteiger partial charge in [-0.05, 0) is 20.3 Å². The molecule has 102 valence electrons. The fraction of sp³-hybridized carbons (Fsp3) is 1.00. The molecule has 4 nitrogen and oxygen atoms in total. The minimum absolute atomic E-state index is 0.0224. The first-order valence-electron chi connectivity index (χ1n) is 5.78. The summed E-state index contributed by atoms with van der Waals surface area (Å²) in [5.41, 5.74) is 0. The molecule has 1 aliphatic rings. The summed E-state index contributed by atoms with van der Waals surface area (Å²) in [6.45, 7) is 3.26. The summed E-state index contributed by atoms with van der Waals surface area (Å²) in [4.78, 5) is 0. The van der Waals surface area contributed by atoms with Crippen molar-refractivity contribution in [1.82, 2.24) is 0 Å². The van der Waals surface area contributed by atoms with Crippen molar-refractivity contribution < 1.29 is 27.5 Å². The van der Waals surface area contributed by atoms with Crippen LogP contribution in [0.4, 0.5) is 8.78 Å². The van der Waals surface area contributed by atoms with E-state index in [1.165, 1.54) is 0 Å². The van der Waals surface area contributed by atoms with E-state index in [2.05, 4.69) is 0 Å². The number of aliphatic hydroxyl groups excluding tert-OH is 1. The molecule has 0 aliphatic heterocycles. The monoisotopic (exact) mass is 272 g/mol. The Bertz CT molecular complexity index is 288. The van der Waals surface area contributed by atoms with Gasteiger partial charge in [-0.15, -0.1) is 0 Å². The third kappa shape index (κ3) is 3.47. The van der Waals surface area contributed by atoms with Gasteiger partial charge in [-0.3, -0.25) is 4.57 Å². The second-order valence-electron chi connectivity index (χ2n) is 4.03. The van der Waals surface area contributed by atoms with Gasteiger partial charge < -0.3 is 14.2 Å². The van der Waals surface area contributed by atoms with Crippen LogP contribution in [0.2, 0.25) is 0 Å². The fourth-order valence-electron chi connectivity index (χ4n) is 1.96. The molecule has 0 heterocycles. The van der Waals surface area contributed by atoms with E-state index < -0.39 is 32.0 Å². The van der Waals surface area contributed by atoms with E-state index in [1.807, 2.05) is 0 Å². The van der Waals surface area contributed by atoms with Gasteiger partial charge in [0.1, 0.15) is 0 Å². The van der Waals surface area contributed by atoms with Crippen LogP contribution < -0.4 is 0 Å². The average Bonchev–Trinajstić information content (AvgIpc) is 2.77. The third-order valence-electron chi connectivity index (χ3n) is 2.93. The standard InChI is InChI=1S/C10H19F2O4P/c1-3-15-17(14,16-4-2)6-5-8-9(7-13)10(8,11)12/h8-9,13H,3-7H2,1-2H3. The van der Waals surface area contributed by atoms with Crippen LogP contribution in [0.1, 0.15) is 20.3 Å². The van der Waals surface area contributed by atoms with Crippen molar-refractivity contribution in [3.8, 4) is 0 Å². The van der Waals surface area contributed by atoms with Gasteiger partial charge in [0.15, 0.2) is 0 Å². The van der Waals surface area contributed by atoms with Crippen LogP contribution >= 0.6 is 7.60 Å². The Hall–Kier alpha value is -0.0300. The van der Waals surface area contributed by atoms with E-state index in [-0.39, 0.29) is 25.8 Å². The molecule has 1 fully saturated rings. The highest BCUT2D eigenvalue weighted by atomic mass is 31.2. The van der Waals surface area contributed by atoms with Gasteiger partial charge >= 0.3 is 7.60 Å². The van der Waals surface area contributed by atoms with Gasteiger partial charge in [0, 0.05) is 5.92 Å². The quantitative estimate of drug-likeness (QED) is 0.690. The van der Waals surface area contributed by atoms with Gasteiger partial charge in [-0.25, -0.2) is 8.78 Å². The van der Waals surface area contributed by atoms with Crippen molar-refractivity contribution >= 4 is 7.60 Å². The topological polar surface area (TPSA) is 55.8 Å². The lowest BCUT2D eigenvalue weighted by atomic mass is 10.3. The van der Waals surface area contributed by atoms with Crippen molar-refractivity contribution in [3.63, 3.8) is 0 Å². The molecule has 7 heteroatoms. The average molecular weight is 272 g/mol. The molecule has 0 radical (unpaired) electrons. The van der Waals surface area contributed by atoms with Crippen LogP contribution in [-0.2, 0) is 13.6 Å². The number of halogens is 2. The molecule has 0 bridgehead atoms. The van der Waals surface area contributed by atoms with E-state index >= 15 is 0 Å². The van der Waals surface area contributed by atoms with Crippen molar-refractivity contribution in [2.45, 2.75) is 26.2 Å². The number of rotatable bonds is 8. The van der Waals surface area contributed by atoms with E-state index in [0.717, 1.165) is 0 Å². The van der Waals surface area contributed by atoms with Crippen molar-refractivity contribution in [2.24, 2.45) is 11.8 Å². The summed E-state index contributed by atoms with van der Waals surface area (Å²) in [5.74, 6) is -4.74. The summed E-state index contributed by atoms with van der Waals surface area (Å²) in [6.07, 6.45) is 0.0287. The summed E-state index contributed by atoms with van der Waals surface area (Å²) in [5, 5.41) is 8.74. The lowest BCUT2D eigenvalue weighted by Gasteiger charge is -2.16. The number of hydrogen-bond donors (Lipinski definition) is 1. The molecule has 17 heavy (non-hydrogen) atoms. The van der Waals surface area contributed by atoms with E-state index in [4.69, 9.17) is 14.2 Å². The zero-order chi connectivity index (χ0) is 13.1. The van der Waals surface area contributed by atoms with Crippen LogP contribution in [0.5, 0.6) is 0 Å². The predicted molar refractivity (Wildman–Crippen MR) is 59.4 cm³/mol. The first-order chi connectivity index (χ1) is 7.91. The van der Waals surface area contributed by atoms with Crippen LogP contribution in [0.15, 0.2) is 0 Å². The highest BCUT2D eigenvalue weighted by molar-refractivity contribution is 7.53. The van der Waals surface area contributed by atoms with Crippen molar-refractivity contribution in [1.29, 1.82) is 0 Å². The second-order valence-corrected chi connectivity index (χ2v) is 6.21. The normalized spacial score (nSPS) is 27.1. The first-order valence-corrected chi connectivity index (χ1v) is 7.50. The number of hydrogen-bond acceptors (Lipinski definition) is 4. The molecular formula is C10H19F2O4P.